The van der Waals surface area contributed by atoms with E-state index in [1.165, 1.54) is 18.4 Å². The fourth-order valence-electron chi connectivity index (χ4n) is 2.64. The van der Waals surface area contributed by atoms with Crippen LogP contribution in [-0.4, -0.2) is 22.0 Å². The molecule has 0 saturated heterocycles. The minimum atomic E-state index is -0.155. The number of carbonyl (C=O) groups excluding carboxylic acids is 1. The number of aryl methyl sites for hydroxylation is 1. The van der Waals surface area contributed by atoms with Gasteiger partial charge < -0.3 is 14.9 Å². The standard InChI is InChI=1S/C16H21N3O2.C2H6/c1-2-21-15(20)6-5-12-7-13(11-3-4-11)9-19-10-14(8-17)18-16(12)19;1-2/h7,9-11H,2-6,8,17H2,1H3;1-2H3. The lowest BCUT2D eigenvalue weighted by molar-refractivity contribution is -0.143. The van der Waals surface area contributed by atoms with Crippen LogP contribution in [0.15, 0.2) is 18.5 Å². The number of nitrogens with two attached hydrogens (primary N) is 1. The maximum absolute atomic E-state index is 11.6. The summed E-state index contributed by atoms with van der Waals surface area (Å²) in [4.78, 5) is 16.1. The summed E-state index contributed by atoms with van der Waals surface area (Å²) < 4.78 is 7.06. The van der Waals surface area contributed by atoms with Crippen LogP contribution >= 0.6 is 0 Å². The first-order valence-corrected chi connectivity index (χ1v) is 8.57. The maximum atomic E-state index is 11.6. The molecule has 126 valence electrons. The van der Waals surface area contributed by atoms with Gasteiger partial charge in [0, 0.05) is 25.4 Å². The SMILES string of the molecule is CC.CCOC(=O)CCc1cc(C2CC2)cn2cc(CN)nc12. The molecule has 0 aliphatic heterocycles. The molecular formula is C18H27N3O2. The van der Waals surface area contributed by atoms with Crippen molar-refractivity contribution in [3.63, 3.8) is 0 Å². The molecule has 1 aliphatic carbocycles. The number of rotatable bonds is 6. The van der Waals surface area contributed by atoms with Gasteiger partial charge in [0.1, 0.15) is 5.65 Å². The van der Waals surface area contributed by atoms with Crippen molar-refractivity contribution in [1.29, 1.82) is 0 Å². The van der Waals surface area contributed by atoms with Crippen LogP contribution < -0.4 is 5.73 Å². The van der Waals surface area contributed by atoms with Crippen LogP contribution in [0.4, 0.5) is 0 Å². The predicted molar refractivity (Wildman–Crippen MR) is 91.4 cm³/mol. The molecule has 1 saturated carbocycles. The lowest BCUT2D eigenvalue weighted by Gasteiger charge is -2.07. The summed E-state index contributed by atoms with van der Waals surface area (Å²) in [5.74, 6) is 0.512. The Morgan fingerprint density at radius 1 is 1.39 bits per heavy atom. The first kappa shape index (κ1) is 17.5. The smallest absolute Gasteiger partial charge is 0.306 e. The summed E-state index contributed by atoms with van der Waals surface area (Å²) in [6.45, 7) is 6.68. The second-order valence-corrected chi connectivity index (χ2v) is 5.55. The number of pyridine rings is 1. The lowest BCUT2D eigenvalue weighted by atomic mass is 10.1. The van der Waals surface area contributed by atoms with Crippen LogP contribution in [0.25, 0.3) is 5.65 Å². The monoisotopic (exact) mass is 317 g/mol. The van der Waals surface area contributed by atoms with Gasteiger partial charge in [0.2, 0.25) is 0 Å². The highest BCUT2D eigenvalue weighted by Crippen LogP contribution is 2.40. The Labute approximate surface area is 137 Å². The molecule has 2 aromatic rings. The molecule has 3 rings (SSSR count). The van der Waals surface area contributed by atoms with Crippen molar-refractivity contribution in [2.45, 2.75) is 58.9 Å². The normalized spacial score (nSPS) is 13.6. The van der Waals surface area contributed by atoms with Crippen molar-refractivity contribution in [3.05, 3.63) is 35.3 Å². The summed E-state index contributed by atoms with van der Waals surface area (Å²) >= 11 is 0. The molecule has 0 radical (unpaired) electrons. The van der Waals surface area contributed by atoms with Crippen molar-refractivity contribution < 1.29 is 9.53 Å². The minimum absolute atomic E-state index is 0.155. The van der Waals surface area contributed by atoms with Crippen LogP contribution in [0, 0.1) is 0 Å². The van der Waals surface area contributed by atoms with Crippen LogP contribution in [0.1, 0.15) is 62.8 Å². The molecule has 1 fully saturated rings. The number of fused-ring (bicyclic) bond motifs is 1. The molecule has 5 nitrogen and oxygen atoms in total. The second kappa shape index (κ2) is 8.11. The summed E-state index contributed by atoms with van der Waals surface area (Å²) in [5, 5.41) is 0. The maximum Gasteiger partial charge on any atom is 0.306 e. The van der Waals surface area contributed by atoms with Gasteiger partial charge in [-0.1, -0.05) is 19.9 Å². The Hall–Kier alpha value is -1.88. The zero-order chi connectivity index (χ0) is 16.8. The molecule has 23 heavy (non-hydrogen) atoms. The van der Waals surface area contributed by atoms with E-state index >= 15 is 0 Å². The van der Waals surface area contributed by atoms with E-state index in [1.807, 2.05) is 27.0 Å². The quantitative estimate of drug-likeness (QED) is 0.831. The van der Waals surface area contributed by atoms with E-state index < -0.39 is 0 Å². The van der Waals surface area contributed by atoms with Crippen molar-refractivity contribution in [1.82, 2.24) is 9.38 Å². The Kier molecular flexibility index (Phi) is 6.16. The average Bonchev–Trinajstić information content (AvgIpc) is 3.33. The van der Waals surface area contributed by atoms with Crippen LogP contribution in [0.3, 0.4) is 0 Å². The molecule has 5 heteroatoms. The first-order valence-electron chi connectivity index (χ1n) is 8.57. The van der Waals surface area contributed by atoms with Gasteiger partial charge in [0.25, 0.3) is 0 Å². The van der Waals surface area contributed by atoms with Crippen molar-refractivity contribution in [2.75, 3.05) is 6.61 Å². The van der Waals surface area contributed by atoms with Crippen LogP contribution in [-0.2, 0) is 22.5 Å². The third-order valence-corrected chi connectivity index (χ3v) is 3.86. The molecule has 0 unspecified atom stereocenters. The third-order valence-electron chi connectivity index (χ3n) is 3.86. The number of nitrogens with zero attached hydrogens (tertiary/aromatic N) is 2. The first-order chi connectivity index (χ1) is 11.2. The van der Waals surface area contributed by atoms with Gasteiger partial charge in [0.15, 0.2) is 0 Å². The van der Waals surface area contributed by atoms with Crippen LogP contribution in [0.2, 0.25) is 0 Å². The molecule has 0 atom stereocenters. The molecule has 2 N–H and O–H groups in total. The lowest BCUT2D eigenvalue weighted by Crippen LogP contribution is -2.06. The molecule has 0 spiro atoms. The number of ether oxygens (including phenoxy) is 1. The number of carbonyl (C=O) groups is 1. The van der Waals surface area contributed by atoms with Gasteiger partial charge in [0.05, 0.1) is 12.3 Å². The summed E-state index contributed by atoms with van der Waals surface area (Å²) in [6.07, 6.45) is 7.68. The summed E-state index contributed by atoms with van der Waals surface area (Å²) in [6, 6.07) is 2.19. The number of aromatic nitrogens is 2. The topological polar surface area (TPSA) is 69.6 Å². The minimum Gasteiger partial charge on any atom is -0.466 e. The van der Waals surface area contributed by atoms with Gasteiger partial charge in [-0.15, -0.1) is 0 Å². The van der Waals surface area contributed by atoms with Gasteiger partial charge in [-0.05, 0) is 43.2 Å². The Morgan fingerprint density at radius 2 is 2.13 bits per heavy atom. The van der Waals surface area contributed by atoms with Crippen molar-refractivity contribution in [3.8, 4) is 0 Å². The molecule has 0 bridgehead atoms. The largest absolute Gasteiger partial charge is 0.466 e. The van der Waals surface area contributed by atoms with Gasteiger partial charge in [-0.25, -0.2) is 4.98 Å². The van der Waals surface area contributed by atoms with E-state index in [0.29, 0.717) is 31.9 Å². The molecular weight excluding hydrogens is 290 g/mol. The fraction of sp³-hybridized carbons (Fsp3) is 0.556. The van der Waals surface area contributed by atoms with E-state index in [2.05, 4.69) is 21.6 Å². The predicted octanol–water partition coefficient (Wildman–Crippen LogP) is 3.19. The third kappa shape index (κ3) is 4.32. The van der Waals surface area contributed by atoms with E-state index in [1.54, 1.807) is 0 Å². The fourth-order valence-corrected chi connectivity index (χ4v) is 2.64. The Balaban J connectivity index is 0.000000924. The molecule has 0 aromatic carbocycles. The highest BCUT2D eigenvalue weighted by atomic mass is 16.5. The second-order valence-electron chi connectivity index (χ2n) is 5.55. The Morgan fingerprint density at radius 3 is 2.74 bits per heavy atom. The summed E-state index contributed by atoms with van der Waals surface area (Å²) in [5.41, 5.74) is 9.91. The van der Waals surface area contributed by atoms with Crippen molar-refractivity contribution >= 4 is 11.6 Å². The molecule has 1 aliphatic rings. The van der Waals surface area contributed by atoms with E-state index in [4.69, 9.17) is 10.5 Å². The van der Waals surface area contributed by atoms with E-state index in [0.717, 1.165) is 16.9 Å². The van der Waals surface area contributed by atoms with Gasteiger partial charge in [-0.3, -0.25) is 4.79 Å². The van der Waals surface area contributed by atoms with E-state index in [-0.39, 0.29) is 5.97 Å². The Bertz CT molecular complexity index is 660. The molecule has 0 amide bonds. The van der Waals surface area contributed by atoms with Crippen LogP contribution in [0.5, 0.6) is 0 Å². The molecule has 2 aromatic heterocycles. The van der Waals surface area contributed by atoms with Gasteiger partial charge >= 0.3 is 5.97 Å². The number of hydrogen-bond acceptors (Lipinski definition) is 4. The number of imidazole rings is 1. The van der Waals surface area contributed by atoms with Crippen molar-refractivity contribution in [2.24, 2.45) is 5.73 Å². The average molecular weight is 317 g/mol. The number of esters is 1. The van der Waals surface area contributed by atoms with Gasteiger partial charge in [-0.2, -0.15) is 0 Å². The zero-order valence-corrected chi connectivity index (χ0v) is 14.3. The zero-order valence-electron chi connectivity index (χ0n) is 14.3. The summed E-state index contributed by atoms with van der Waals surface area (Å²) in [7, 11) is 0. The highest BCUT2D eigenvalue weighted by molar-refractivity contribution is 5.70. The van der Waals surface area contributed by atoms with E-state index in [9.17, 15) is 4.79 Å². The molecule has 2 heterocycles. The highest BCUT2D eigenvalue weighted by Gasteiger charge is 2.25. The number of hydrogen-bond donors (Lipinski definition) is 1.